The largest absolute Gasteiger partial charge is 0.497 e. The molecular formula is C21H27NO2. The highest BCUT2D eigenvalue weighted by atomic mass is 16.5. The lowest BCUT2D eigenvalue weighted by molar-refractivity contribution is 0.390. The third-order valence-corrected chi connectivity index (χ3v) is 5.09. The summed E-state index contributed by atoms with van der Waals surface area (Å²) in [7, 11) is 3.37. The Bertz CT molecular complexity index is 696. The van der Waals surface area contributed by atoms with Crippen LogP contribution in [0.15, 0.2) is 36.4 Å². The molecule has 0 fully saturated rings. The second kappa shape index (κ2) is 7.71. The van der Waals surface area contributed by atoms with Crippen molar-refractivity contribution in [3.05, 3.63) is 58.7 Å². The molecule has 3 rings (SSSR count). The van der Waals surface area contributed by atoms with Crippen molar-refractivity contribution < 1.29 is 9.47 Å². The number of hydrogen-bond acceptors (Lipinski definition) is 3. The summed E-state index contributed by atoms with van der Waals surface area (Å²) in [5.74, 6) is 1.99. The minimum atomic E-state index is 0.305. The van der Waals surface area contributed by atoms with Crippen molar-refractivity contribution >= 4 is 0 Å². The summed E-state index contributed by atoms with van der Waals surface area (Å²) in [4.78, 5) is 0. The minimum absolute atomic E-state index is 0.305. The first kappa shape index (κ1) is 16.8. The lowest BCUT2D eigenvalue weighted by Gasteiger charge is -2.21. The predicted octanol–water partition coefficient (Wildman–Crippen LogP) is 3.87. The Kier molecular flexibility index (Phi) is 5.41. The average molecular weight is 325 g/mol. The minimum Gasteiger partial charge on any atom is -0.497 e. The van der Waals surface area contributed by atoms with Crippen LogP contribution in [0.25, 0.3) is 0 Å². The summed E-state index contributed by atoms with van der Waals surface area (Å²) in [6, 6.07) is 12.9. The first-order valence-electron chi connectivity index (χ1n) is 8.77. The lowest BCUT2D eigenvalue weighted by Crippen LogP contribution is -2.16. The summed E-state index contributed by atoms with van der Waals surface area (Å²) in [5.41, 5.74) is 11.7. The van der Waals surface area contributed by atoms with Gasteiger partial charge in [-0.05, 0) is 67.0 Å². The van der Waals surface area contributed by atoms with E-state index >= 15 is 0 Å². The molecule has 0 saturated carbocycles. The van der Waals surface area contributed by atoms with Gasteiger partial charge in [0.05, 0.1) is 14.2 Å². The molecule has 0 heterocycles. The standard InChI is InChI=1S/C21H27NO2/c1-23-20-10-9-18(21(13-20)24-2)12-19(14-22)17-8-7-15-5-3-4-6-16(15)11-17/h7-11,13,19H,3-6,12,14,22H2,1-2H3. The van der Waals surface area contributed by atoms with E-state index in [1.807, 2.05) is 12.1 Å². The smallest absolute Gasteiger partial charge is 0.125 e. The molecule has 2 aromatic rings. The highest BCUT2D eigenvalue weighted by Gasteiger charge is 2.17. The van der Waals surface area contributed by atoms with Crippen molar-refractivity contribution in [1.29, 1.82) is 0 Å². The highest BCUT2D eigenvalue weighted by molar-refractivity contribution is 5.43. The molecule has 24 heavy (non-hydrogen) atoms. The van der Waals surface area contributed by atoms with Gasteiger partial charge in [-0.3, -0.25) is 0 Å². The Labute approximate surface area is 144 Å². The van der Waals surface area contributed by atoms with Crippen LogP contribution >= 0.6 is 0 Å². The summed E-state index contributed by atoms with van der Waals surface area (Å²) in [5, 5.41) is 0. The molecule has 1 unspecified atom stereocenters. The van der Waals surface area contributed by atoms with Gasteiger partial charge in [-0.25, -0.2) is 0 Å². The molecule has 1 aliphatic carbocycles. The number of rotatable bonds is 6. The maximum Gasteiger partial charge on any atom is 0.125 e. The van der Waals surface area contributed by atoms with Crippen LogP contribution in [0.1, 0.15) is 41.0 Å². The zero-order valence-electron chi connectivity index (χ0n) is 14.7. The fourth-order valence-electron chi connectivity index (χ4n) is 3.63. The van der Waals surface area contributed by atoms with E-state index in [0.29, 0.717) is 12.5 Å². The van der Waals surface area contributed by atoms with E-state index in [1.165, 1.54) is 47.9 Å². The molecular weight excluding hydrogens is 298 g/mol. The van der Waals surface area contributed by atoms with E-state index in [4.69, 9.17) is 15.2 Å². The maximum absolute atomic E-state index is 6.11. The molecule has 128 valence electrons. The van der Waals surface area contributed by atoms with Crippen LogP contribution in [0.2, 0.25) is 0 Å². The fraction of sp³-hybridized carbons (Fsp3) is 0.429. The Hall–Kier alpha value is -2.00. The number of ether oxygens (including phenoxy) is 2. The van der Waals surface area contributed by atoms with Crippen LogP contribution in [0.5, 0.6) is 11.5 Å². The van der Waals surface area contributed by atoms with Crippen molar-refractivity contribution in [2.45, 2.75) is 38.0 Å². The molecule has 0 aliphatic heterocycles. The monoisotopic (exact) mass is 325 g/mol. The Balaban J connectivity index is 1.84. The zero-order valence-corrected chi connectivity index (χ0v) is 14.7. The van der Waals surface area contributed by atoms with Crippen molar-refractivity contribution in [3.63, 3.8) is 0 Å². The van der Waals surface area contributed by atoms with Crippen molar-refractivity contribution in [2.75, 3.05) is 20.8 Å². The van der Waals surface area contributed by atoms with Crippen molar-refractivity contribution in [1.82, 2.24) is 0 Å². The van der Waals surface area contributed by atoms with Gasteiger partial charge in [-0.2, -0.15) is 0 Å². The third kappa shape index (κ3) is 3.57. The molecule has 2 aromatic carbocycles. The summed E-state index contributed by atoms with van der Waals surface area (Å²) >= 11 is 0. The van der Waals surface area contributed by atoms with Crippen molar-refractivity contribution in [2.24, 2.45) is 5.73 Å². The van der Waals surface area contributed by atoms with E-state index in [2.05, 4.69) is 24.3 Å². The quantitative estimate of drug-likeness (QED) is 0.877. The second-order valence-electron chi connectivity index (χ2n) is 6.55. The van der Waals surface area contributed by atoms with Gasteiger partial charge in [-0.1, -0.05) is 24.3 Å². The molecule has 1 atom stereocenters. The number of aryl methyl sites for hydroxylation is 2. The van der Waals surface area contributed by atoms with Gasteiger partial charge >= 0.3 is 0 Å². The first-order chi connectivity index (χ1) is 11.7. The highest BCUT2D eigenvalue weighted by Crippen LogP contribution is 2.31. The zero-order chi connectivity index (χ0) is 16.9. The third-order valence-electron chi connectivity index (χ3n) is 5.09. The lowest BCUT2D eigenvalue weighted by atomic mass is 9.85. The number of benzene rings is 2. The predicted molar refractivity (Wildman–Crippen MR) is 98.1 cm³/mol. The number of fused-ring (bicyclic) bond motifs is 1. The summed E-state index contributed by atoms with van der Waals surface area (Å²) in [6.45, 7) is 0.633. The van der Waals surface area contributed by atoms with Gasteiger partial charge < -0.3 is 15.2 Å². The normalized spacial score (nSPS) is 14.8. The molecule has 3 nitrogen and oxygen atoms in total. The molecule has 0 spiro atoms. The summed E-state index contributed by atoms with van der Waals surface area (Å²) < 4.78 is 10.8. The molecule has 0 bridgehead atoms. The van der Waals surface area contributed by atoms with Crippen LogP contribution in [0.3, 0.4) is 0 Å². The van der Waals surface area contributed by atoms with Gasteiger partial charge in [0.1, 0.15) is 11.5 Å². The van der Waals surface area contributed by atoms with Crippen molar-refractivity contribution in [3.8, 4) is 11.5 Å². The van der Waals surface area contributed by atoms with Crippen LogP contribution in [-0.4, -0.2) is 20.8 Å². The Morgan fingerprint density at radius 1 is 0.958 bits per heavy atom. The van der Waals surface area contributed by atoms with Crippen LogP contribution in [0, 0.1) is 0 Å². The van der Waals surface area contributed by atoms with Crippen LogP contribution < -0.4 is 15.2 Å². The molecule has 2 N–H and O–H groups in total. The van der Waals surface area contributed by atoms with E-state index in [9.17, 15) is 0 Å². The Morgan fingerprint density at radius 2 is 1.75 bits per heavy atom. The van der Waals surface area contributed by atoms with Crippen LogP contribution in [0.4, 0.5) is 0 Å². The fourth-order valence-corrected chi connectivity index (χ4v) is 3.63. The van der Waals surface area contributed by atoms with Gasteiger partial charge in [0.2, 0.25) is 0 Å². The van der Waals surface area contributed by atoms with E-state index in [1.54, 1.807) is 14.2 Å². The summed E-state index contributed by atoms with van der Waals surface area (Å²) in [6.07, 6.45) is 5.91. The topological polar surface area (TPSA) is 44.5 Å². The molecule has 0 radical (unpaired) electrons. The van der Waals surface area contributed by atoms with Gasteiger partial charge in [-0.15, -0.1) is 0 Å². The van der Waals surface area contributed by atoms with Gasteiger partial charge in [0, 0.05) is 12.0 Å². The Morgan fingerprint density at radius 3 is 2.46 bits per heavy atom. The second-order valence-corrected chi connectivity index (χ2v) is 6.55. The average Bonchev–Trinajstić information content (AvgIpc) is 2.65. The maximum atomic E-state index is 6.11. The van der Waals surface area contributed by atoms with Gasteiger partial charge in [0.15, 0.2) is 0 Å². The van der Waals surface area contributed by atoms with Crippen LogP contribution in [-0.2, 0) is 19.3 Å². The van der Waals surface area contributed by atoms with E-state index in [0.717, 1.165) is 17.9 Å². The molecule has 0 amide bonds. The van der Waals surface area contributed by atoms with E-state index in [-0.39, 0.29) is 0 Å². The SMILES string of the molecule is COc1ccc(CC(CN)c2ccc3c(c2)CCCC3)c(OC)c1. The first-order valence-corrected chi connectivity index (χ1v) is 8.77. The number of methoxy groups -OCH3 is 2. The molecule has 0 aromatic heterocycles. The molecule has 0 saturated heterocycles. The van der Waals surface area contributed by atoms with Gasteiger partial charge in [0.25, 0.3) is 0 Å². The number of hydrogen-bond donors (Lipinski definition) is 1. The van der Waals surface area contributed by atoms with E-state index < -0.39 is 0 Å². The molecule has 1 aliphatic rings. The molecule has 3 heteroatoms. The number of nitrogens with two attached hydrogens (primary N) is 1.